The van der Waals surface area contributed by atoms with Gasteiger partial charge in [0.2, 0.25) is 0 Å². The number of carboxylic acids is 1. The molecule has 0 spiro atoms. The van der Waals surface area contributed by atoms with Gasteiger partial charge in [0.25, 0.3) is 0 Å². The standard InChI is InChI=1S/C10H10N4O2/c1-6-5-12-14(13-6)9-3-2-7(10(15)16)4-8(9)11/h2-5H,11H2,1H3,(H,15,16). The summed E-state index contributed by atoms with van der Waals surface area (Å²) in [6, 6.07) is 4.43. The van der Waals surface area contributed by atoms with E-state index in [-0.39, 0.29) is 5.56 Å². The molecule has 1 aromatic heterocycles. The first-order valence-electron chi connectivity index (χ1n) is 4.60. The number of aromatic carboxylic acids is 1. The van der Waals surface area contributed by atoms with Crippen LogP contribution in [0.4, 0.5) is 5.69 Å². The summed E-state index contributed by atoms with van der Waals surface area (Å²) in [7, 11) is 0. The lowest BCUT2D eigenvalue weighted by Gasteiger charge is -2.04. The molecule has 1 aromatic carbocycles. The number of hydrogen-bond donors (Lipinski definition) is 2. The third-order valence-corrected chi connectivity index (χ3v) is 2.10. The van der Waals surface area contributed by atoms with Gasteiger partial charge < -0.3 is 10.8 Å². The van der Waals surface area contributed by atoms with E-state index in [0.717, 1.165) is 5.69 Å². The molecule has 6 heteroatoms. The van der Waals surface area contributed by atoms with Crippen molar-refractivity contribution < 1.29 is 9.90 Å². The molecule has 2 aromatic rings. The van der Waals surface area contributed by atoms with Crippen LogP contribution in [-0.2, 0) is 0 Å². The third-order valence-electron chi connectivity index (χ3n) is 2.10. The molecule has 0 unspecified atom stereocenters. The Balaban J connectivity index is 2.47. The number of nitrogens with zero attached hydrogens (tertiary/aromatic N) is 3. The number of aromatic nitrogens is 3. The number of aryl methyl sites for hydroxylation is 1. The first-order chi connectivity index (χ1) is 7.58. The number of anilines is 1. The quantitative estimate of drug-likeness (QED) is 0.729. The molecule has 82 valence electrons. The Morgan fingerprint density at radius 1 is 1.50 bits per heavy atom. The average molecular weight is 218 g/mol. The molecule has 16 heavy (non-hydrogen) atoms. The van der Waals surface area contributed by atoms with E-state index in [1.807, 2.05) is 6.92 Å². The highest BCUT2D eigenvalue weighted by Gasteiger charge is 2.08. The fraction of sp³-hybridized carbons (Fsp3) is 0.100. The normalized spacial score (nSPS) is 10.3. The largest absolute Gasteiger partial charge is 0.478 e. The Labute approximate surface area is 91.3 Å². The summed E-state index contributed by atoms with van der Waals surface area (Å²) in [5.41, 5.74) is 7.54. The SMILES string of the molecule is Cc1cnn(-c2ccc(C(=O)O)cc2N)n1. The van der Waals surface area contributed by atoms with Crippen LogP contribution in [0.5, 0.6) is 0 Å². The molecule has 3 N–H and O–H groups in total. The second-order valence-electron chi connectivity index (χ2n) is 3.35. The number of benzene rings is 1. The maximum Gasteiger partial charge on any atom is 0.335 e. The molecule has 0 saturated heterocycles. The van der Waals surface area contributed by atoms with E-state index < -0.39 is 5.97 Å². The van der Waals surface area contributed by atoms with Crippen LogP contribution in [0.15, 0.2) is 24.4 Å². The van der Waals surface area contributed by atoms with Crippen LogP contribution >= 0.6 is 0 Å². The second kappa shape index (κ2) is 3.65. The lowest BCUT2D eigenvalue weighted by atomic mass is 10.2. The fourth-order valence-corrected chi connectivity index (χ4v) is 1.33. The van der Waals surface area contributed by atoms with E-state index in [4.69, 9.17) is 10.8 Å². The molecule has 6 nitrogen and oxygen atoms in total. The molecule has 0 saturated carbocycles. The number of nitrogen functional groups attached to an aromatic ring is 1. The van der Waals surface area contributed by atoms with Gasteiger partial charge in [0.05, 0.1) is 23.1 Å². The topological polar surface area (TPSA) is 94.0 Å². The molecule has 0 aliphatic carbocycles. The second-order valence-corrected chi connectivity index (χ2v) is 3.35. The van der Waals surface area contributed by atoms with Crippen molar-refractivity contribution in [1.29, 1.82) is 0 Å². The smallest absolute Gasteiger partial charge is 0.335 e. The molecule has 0 fully saturated rings. The minimum Gasteiger partial charge on any atom is -0.478 e. The Morgan fingerprint density at radius 3 is 2.75 bits per heavy atom. The summed E-state index contributed by atoms with van der Waals surface area (Å²) in [6.07, 6.45) is 1.60. The third kappa shape index (κ3) is 1.72. The van der Waals surface area contributed by atoms with Crippen molar-refractivity contribution in [3.8, 4) is 5.69 Å². The highest BCUT2D eigenvalue weighted by molar-refractivity contribution is 5.89. The summed E-state index contributed by atoms with van der Waals surface area (Å²) in [4.78, 5) is 12.1. The number of rotatable bonds is 2. The Hall–Kier alpha value is -2.37. The number of nitrogens with two attached hydrogens (primary N) is 1. The predicted octanol–water partition coefficient (Wildman–Crippen LogP) is 0.856. The van der Waals surface area contributed by atoms with Crippen molar-refractivity contribution in [1.82, 2.24) is 15.0 Å². The Morgan fingerprint density at radius 2 is 2.25 bits per heavy atom. The zero-order valence-corrected chi connectivity index (χ0v) is 8.58. The summed E-state index contributed by atoms with van der Waals surface area (Å²) < 4.78 is 0. The van der Waals surface area contributed by atoms with Crippen molar-refractivity contribution in [2.24, 2.45) is 0 Å². The van der Waals surface area contributed by atoms with Crippen LogP contribution in [0.25, 0.3) is 5.69 Å². The monoisotopic (exact) mass is 218 g/mol. The maximum atomic E-state index is 10.7. The molecular formula is C10H10N4O2. The predicted molar refractivity (Wildman–Crippen MR) is 57.5 cm³/mol. The van der Waals surface area contributed by atoms with Gasteiger partial charge in [-0.25, -0.2) is 4.79 Å². The molecule has 2 rings (SSSR count). The highest BCUT2D eigenvalue weighted by Crippen LogP contribution is 2.17. The van der Waals surface area contributed by atoms with E-state index in [9.17, 15) is 4.79 Å². The van der Waals surface area contributed by atoms with Crippen LogP contribution < -0.4 is 5.73 Å². The summed E-state index contributed by atoms with van der Waals surface area (Å²) in [6.45, 7) is 1.81. The van der Waals surface area contributed by atoms with Crippen LogP contribution in [0, 0.1) is 6.92 Å². The zero-order valence-electron chi connectivity index (χ0n) is 8.58. The molecular weight excluding hydrogens is 208 g/mol. The first kappa shape index (κ1) is 10.2. The van der Waals surface area contributed by atoms with Gasteiger partial charge in [0.1, 0.15) is 5.69 Å². The lowest BCUT2D eigenvalue weighted by molar-refractivity contribution is 0.0697. The van der Waals surface area contributed by atoms with Crippen molar-refractivity contribution in [2.45, 2.75) is 6.92 Å². The van der Waals surface area contributed by atoms with Crippen molar-refractivity contribution in [2.75, 3.05) is 5.73 Å². The molecule has 0 radical (unpaired) electrons. The van der Waals surface area contributed by atoms with E-state index in [1.165, 1.54) is 16.9 Å². The van der Waals surface area contributed by atoms with Crippen molar-refractivity contribution >= 4 is 11.7 Å². The van der Waals surface area contributed by atoms with Gasteiger partial charge in [0.15, 0.2) is 0 Å². The first-order valence-corrected chi connectivity index (χ1v) is 4.60. The van der Waals surface area contributed by atoms with Crippen LogP contribution in [0.2, 0.25) is 0 Å². The summed E-state index contributed by atoms with van der Waals surface area (Å²) >= 11 is 0. The van der Waals surface area contributed by atoms with E-state index in [0.29, 0.717) is 11.4 Å². The molecule has 0 aliphatic rings. The van der Waals surface area contributed by atoms with E-state index in [2.05, 4.69) is 10.2 Å². The van der Waals surface area contributed by atoms with Gasteiger partial charge in [-0.3, -0.25) is 0 Å². The van der Waals surface area contributed by atoms with Gasteiger partial charge >= 0.3 is 5.97 Å². The molecule has 0 atom stereocenters. The molecule has 0 aliphatic heterocycles. The fourth-order valence-electron chi connectivity index (χ4n) is 1.33. The van der Waals surface area contributed by atoms with Gasteiger partial charge in [0, 0.05) is 0 Å². The molecule has 0 bridgehead atoms. The Kier molecular flexibility index (Phi) is 2.32. The van der Waals surface area contributed by atoms with E-state index in [1.54, 1.807) is 12.3 Å². The maximum absolute atomic E-state index is 10.7. The van der Waals surface area contributed by atoms with Gasteiger partial charge in [-0.05, 0) is 25.1 Å². The van der Waals surface area contributed by atoms with Crippen molar-refractivity contribution in [3.05, 3.63) is 35.7 Å². The summed E-state index contributed by atoms with van der Waals surface area (Å²) in [5.74, 6) is -1.01. The van der Waals surface area contributed by atoms with Crippen LogP contribution in [-0.4, -0.2) is 26.1 Å². The minimum atomic E-state index is -1.01. The lowest BCUT2D eigenvalue weighted by Crippen LogP contribution is -2.05. The van der Waals surface area contributed by atoms with Gasteiger partial charge in [-0.1, -0.05) is 0 Å². The van der Waals surface area contributed by atoms with Crippen molar-refractivity contribution in [3.63, 3.8) is 0 Å². The summed E-state index contributed by atoms with van der Waals surface area (Å²) in [5, 5.41) is 16.9. The van der Waals surface area contributed by atoms with Gasteiger partial charge in [-0.15, -0.1) is 4.80 Å². The number of carboxylic acid groups (broad SMARTS) is 1. The molecule has 1 heterocycles. The minimum absolute atomic E-state index is 0.144. The highest BCUT2D eigenvalue weighted by atomic mass is 16.4. The Bertz CT molecular complexity index is 548. The van der Waals surface area contributed by atoms with Gasteiger partial charge in [-0.2, -0.15) is 10.2 Å². The van der Waals surface area contributed by atoms with Crippen LogP contribution in [0.1, 0.15) is 16.1 Å². The molecule has 0 amide bonds. The zero-order chi connectivity index (χ0) is 11.7. The number of carbonyl (C=O) groups is 1. The number of hydrogen-bond acceptors (Lipinski definition) is 4. The van der Waals surface area contributed by atoms with E-state index >= 15 is 0 Å². The van der Waals surface area contributed by atoms with Crippen LogP contribution in [0.3, 0.4) is 0 Å². The average Bonchev–Trinajstić information content (AvgIpc) is 2.64.